The highest BCUT2D eigenvalue weighted by atomic mass is 35.5. The van der Waals surface area contributed by atoms with E-state index in [9.17, 15) is 9.50 Å². The van der Waals surface area contributed by atoms with Crippen LogP contribution in [0.5, 0.6) is 0 Å². The summed E-state index contributed by atoms with van der Waals surface area (Å²) in [5.41, 5.74) is 1.99. The van der Waals surface area contributed by atoms with E-state index in [4.69, 9.17) is 11.6 Å². The number of aliphatic hydroxyl groups excluding tert-OH is 1. The molecule has 0 aliphatic carbocycles. The highest BCUT2D eigenvalue weighted by Gasteiger charge is 2.21. The van der Waals surface area contributed by atoms with Crippen molar-refractivity contribution in [3.05, 3.63) is 63.7 Å². The van der Waals surface area contributed by atoms with Gasteiger partial charge in [0.05, 0.1) is 10.7 Å². The van der Waals surface area contributed by atoms with Gasteiger partial charge in [-0.3, -0.25) is 4.98 Å². The van der Waals surface area contributed by atoms with Crippen LogP contribution in [0, 0.1) is 19.7 Å². The number of aryl methyl sites for hydroxylation is 2. The van der Waals surface area contributed by atoms with Crippen molar-refractivity contribution in [2.75, 3.05) is 0 Å². The first-order valence-corrected chi connectivity index (χ1v) is 5.93. The van der Waals surface area contributed by atoms with E-state index in [1.807, 2.05) is 6.07 Å². The number of nitrogens with zero attached hydrogens (tertiary/aromatic N) is 1. The Morgan fingerprint density at radius 1 is 1.33 bits per heavy atom. The molecule has 0 radical (unpaired) electrons. The Labute approximate surface area is 110 Å². The van der Waals surface area contributed by atoms with Gasteiger partial charge in [0.25, 0.3) is 0 Å². The number of halogens is 2. The summed E-state index contributed by atoms with van der Waals surface area (Å²) in [6.07, 6.45) is 0.366. The first-order valence-electron chi connectivity index (χ1n) is 5.56. The van der Waals surface area contributed by atoms with E-state index >= 15 is 0 Å². The molecule has 2 rings (SSSR count). The van der Waals surface area contributed by atoms with Crippen LogP contribution in [0.15, 0.2) is 30.5 Å². The third-order valence-electron chi connectivity index (χ3n) is 2.80. The number of aromatic nitrogens is 1. The fourth-order valence-electron chi connectivity index (χ4n) is 2.01. The van der Waals surface area contributed by atoms with Crippen LogP contribution in [-0.4, -0.2) is 10.1 Å². The lowest BCUT2D eigenvalue weighted by Gasteiger charge is -2.16. The van der Waals surface area contributed by atoms with Crippen molar-refractivity contribution >= 4 is 11.6 Å². The van der Waals surface area contributed by atoms with Gasteiger partial charge in [-0.2, -0.15) is 0 Å². The molecule has 0 bridgehead atoms. The van der Waals surface area contributed by atoms with Gasteiger partial charge < -0.3 is 5.11 Å². The molecule has 1 aromatic carbocycles. The Kier molecular flexibility index (Phi) is 3.64. The second-order valence-electron chi connectivity index (χ2n) is 4.25. The summed E-state index contributed by atoms with van der Waals surface area (Å²) in [4.78, 5) is 4.01. The van der Waals surface area contributed by atoms with E-state index in [2.05, 4.69) is 4.98 Å². The summed E-state index contributed by atoms with van der Waals surface area (Å²) >= 11 is 5.96. The number of hydrogen-bond donors (Lipinski definition) is 1. The number of pyridine rings is 1. The summed E-state index contributed by atoms with van der Waals surface area (Å²) in [7, 11) is 0. The Balaban J connectivity index is 2.53. The molecule has 0 amide bonds. The quantitative estimate of drug-likeness (QED) is 0.900. The van der Waals surface area contributed by atoms with Gasteiger partial charge in [0.15, 0.2) is 0 Å². The maximum Gasteiger partial charge on any atom is 0.129 e. The Morgan fingerprint density at radius 2 is 2.06 bits per heavy atom. The summed E-state index contributed by atoms with van der Waals surface area (Å²) in [6, 6.07) is 6.49. The zero-order chi connectivity index (χ0) is 13.3. The summed E-state index contributed by atoms with van der Waals surface area (Å²) < 4.78 is 13.9. The molecule has 0 aliphatic rings. The minimum absolute atomic E-state index is 0.223. The van der Waals surface area contributed by atoms with Gasteiger partial charge in [0.1, 0.15) is 11.9 Å². The average molecular weight is 266 g/mol. The Bertz CT molecular complexity index is 563. The lowest BCUT2D eigenvalue weighted by Crippen LogP contribution is -2.08. The van der Waals surface area contributed by atoms with Crippen molar-refractivity contribution in [2.45, 2.75) is 20.0 Å². The van der Waals surface area contributed by atoms with Crippen LogP contribution >= 0.6 is 11.6 Å². The third kappa shape index (κ3) is 2.37. The first-order chi connectivity index (χ1) is 8.50. The zero-order valence-corrected chi connectivity index (χ0v) is 10.9. The Hall–Kier alpha value is -1.45. The summed E-state index contributed by atoms with van der Waals surface area (Å²) in [5, 5.41) is 10.6. The van der Waals surface area contributed by atoms with Gasteiger partial charge in [0, 0.05) is 11.8 Å². The van der Waals surface area contributed by atoms with E-state index in [0.717, 1.165) is 5.56 Å². The molecular weight excluding hydrogens is 253 g/mol. The molecule has 0 saturated heterocycles. The van der Waals surface area contributed by atoms with Gasteiger partial charge in [-0.25, -0.2) is 4.39 Å². The topological polar surface area (TPSA) is 33.1 Å². The molecule has 0 aliphatic heterocycles. The molecule has 0 fully saturated rings. The molecule has 1 unspecified atom stereocenters. The van der Waals surface area contributed by atoms with Gasteiger partial charge in [-0.15, -0.1) is 0 Å². The largest absolute Gasteiger partial charge is 0.382 e. The number of rotatable bonds is 2. The van der Waals surface area contributed by atoms with Crippen molar-refractivity contribution in [1.82, 2.24) is 4.98 Å². The molecule has 1 atom stereocenters. The standard InChI is InChI=1S/C14H13ClFNO/c1-8-6-9(2)12(11(16)7-8)14(18)13-10(15)4-3-5-17-13/h3-7,14,18H,1-2H3. The number of hydrogen-bond acceptors (Lipinski definition) is 2. The van der Waals surface area contributed by atoms with Crippen LogP contribution in [0.2, 0.25) is 5.02 Å². The fraction of sp³-hybridized carbons (Fsp3) is 0.214. The van der Waals surface area contributed by atoms with E-state index < -0.39 is 11.9 Å². The predicted molar refractivity (Wildman–Crippen MR) is 69.2 cm³/mol. The second-order valence-corrected chi connectivity index (χ2v) is 4.66. The fourth-order valence-corrected chi connectivity index (χ4v) is 2.23. The summed E-state index contributed by atoms with van der Waals surface area (Å²) in [5.74, 6) is -0.443. The lowest BCUT2D eigenvalue weighted by molar-refractivity contribution is 0.209. The zero-order valence-electron chi connectivity index (χ0n) is 10.1. The van der Waals surface area contributed by atoms with Gasteiger partial charge in [-0.1, -0.05) is 17.7 Å². The van der Waals surface area contributed by atoms with Gasteiger partial charge in [-0.05, 0) is 43.2 Å². The van der Waals surface area contributed by atoms with Gasteiger partial charge in [0.2, 0.25) is 0 Å². The monoisotopic (exact) mass is 265 g/mol. The van der Waals surface area contributed by atoms with E-state index in [1.165, 1.54) is 12.3 Å². The van der Waals surface area contributed by atoms with Crippen LogP contribution < -0.4 is 0 Å². The molecule has 2 nitrogen and oxygen atoms in total. The molecule has 1 N–H and O–H groups in total. The van der Waals surface area contributed by atoms with Crippen molar-refractivity contribution in [1.29, 1.82) is 0 Å². The molecule has 1 aromatic heterocycles. The summed E-state index contributed by atoms with van der Waals surface area (Å²) in [6.45, 7) is 3.56. The van der Waals surface area contributed by atoms with Crippen molar-refractivity contribution in [3.63, 3.8) is 0 Å². The molecule has 1 heterocycles. The SMILES string of the molecule is Cc1cc(C)c(C(O)c2ncccc2Cl)c(F)c1. The van der Waals surface area contributed by atoms with E-state index in [1.54, 1.807) is 26.0 Å². The molecule has 2 aromatic rings. The van der Waals surface area contributed by atoms with Crippen molar-refractivity contribution in [3.8, 4) is 0 Å². The molecule has 0 saturated carbocycles. The number of benzene rings is 1. The van der Waals surface area contributed by atoms with Crippen LogP contribution in [0.4, 0.5) is 4.39 Å². The molecule has 0 spiro atoms. The first kappa shape index (κ1) is 13.0. The van der Waals surface area contributed by atoms with Gasteiger partial charge >= 0.3 is 0 Å². The highest BCUT2D eigenvalue weighted by Crippen LogP contribution is 2.30. The Morgan fingerprint density at radius 3 is 2.67 bits per heavy atom. The average Bonchev–Trinajstić information content (AvgIpc) is 2.27. The molecule has 18 heavy (non-hydrogen) atoms. The van der Waals surface area contributed by atoms with Crippen LogP contribution in [-0.2, 0) is 0 Å². The van der Waals surface area contributed by atoms with E-state index in [-0.39, 0.29) is 11.3 Å². The maximum absolute atomic E-state index is 13.9. The van der Waals surface area contributed by atoms with Crippen LogP contribution in [0.25, 0.3) is 0 Å². The smallest absolute Gasteiger partial charge is 0.129 e. The van der Waals surface area contributed by atoms with Crippen molar-refractivity contribution in [2.24, 2.45) is 0 Å². The molecule has 94 valence electrons. The minimum Gasteiger partial charge on any atom is -0.382 e. The predicted octanol–water partition coefficient (Wildman–Crippen LogP) is 3.57. The van der Waals surface area contributed by atoms with Crippen LogP contribution in [0.3, 0.4) is 0 Å². The normalized spacial score (nSPS) is 12.5. The van der Waals surface area contributed by atoms with E-state index in [0.29, 0.717) is 10.6 Å². The molecule has 4 heteroatoms. The lowest BCUT2D eigenvalue weighted by atomic mass is 9.98. The second kappa shape index (κ2) is 5.04. The number of aliphatic hydroxyl groups is 1. The third-order valence-corrected chi connectivity index (χ3v) is 3.12. The highest BCUT2D eigenvalue weighted by molar-refractivity contribution is 6.31. The van der Waals surface area contributed by atoms with Crippen LogP contribution in [0.1, 0.15) is 28.5 Å². The minimum atomic E-state index is -1.15. The molecular formula is C14H13ClFNO. The van der Waals surface area contributed by atoms with Crippen molar-refractivity contribution < 1.29 is 9.50 Å². The maximum atomic E-state index is 13.9.